The molecule has 9 atom stereocenters. The van der Waals surface area contributed by atoms with Gasteiger partial charge in [0, 0.05) is 0 Å². The third-order valence-electron chi connectivity index (χ3n) is 15.7. The molecule has 7 rings (SSSR count). The Morgan fingerprint density at radius 2 is 0.953 bits per heavy atom. The number of hydrogen-bond acceptors (Lipinski definition) is 0. The predicted octanol–water partition coefficient (Wildman–Crippen LogP) is 12.4. The van der Waals surface area contributed by atoms with Gasteiger partial charge < -0.3 is 0 Å². The highest BCUT2D eigenvalue weighted by atomic mass is 28.3. The molecule has 1 heteroatoms. The van der Waals surface area contributed by atoms with E-state index in [0.29, 0.717) is 33.5 Å². The lowest BCUT2D eigenvalue weighted by molar-refractivity contribution is 0.148. The van der Waals surface area contributed by atoms with E-state index >= 15 is 0 Å². The summed E-state index contributed by atoms with van der Waals surface area (Å²) in [6.07, 6.45) is 23.1. The maximum absolute atomic E-state index is 2.97. The molecule has 0 aromatic carbocycles. The van der Waals surface area contributed by atoms with Crippen LogP contribution in [0.3, 0.4) is 0 Å². The largest absolute Gasteiger partial charge is 0.0767 e. The molecule has 0 heterocycles. The fraction of sp³-hybridized carbons (Fsp3) is 0.810. The molecule has 9 unspecified atom stereocenters. The molecule has 0 spiro atoms. The van der Waals surface area contributed by atoms with Gasteiger partial charge in [-0.1, -0.05) is 119 Å². The van der Waals surface area contributed by atoms with Crippen LogP contribution in [-0.2, 0) is 0 Å². The van der Waals surface area contributed by atoms with Crippen molar-refractivity contribution in [3.63, 3.8) is 0 Å². The number of allylic oxidation sites excluding steroid dienone is 8. The molecule has 7 aliphatic rings. The molecule has 0 bridgehead atoms. The smallest absolute Gasteiger partial charge is 0.0551 e. The highest BCUT2D eigenvalue weighted by Crippen LogP contribution is 2.69. The molecule has 0 radical (unpaired) electrons. The second-order valence-electron chi connectivity index (χ2n) is 20.6. The van der Waals surface area contributed by atoms with E-state index in [1.54, 1.807) is 22.3 Å². The fourth-order valence-corrected chi connectivity index (χ4v) is 18.8. The number of rotatable bonds is 2. The Bertz CT molecular complexity index is 1220. The second-order valence-corrected chi connectivity index (χ2v) is 25.6. The van der Waals surface area contributed by atoms with Crippen LogP contribution in [0.25, 0.3) is 0 Å². The zero-order valence-electron chi connectivity index (χ0n) is 30.2. The SMILES string of the molecule is CC1CC(C)C2C(CCC2[Si](C)(C)C2C3C=C4C(=CC3C3C=C5C(=CC32)C(C)(C)CCC5(C)C)C(C)(C)CCC4(C)C)C1. The summed E-state index contributed by atoms with van der Waals surface area (Å²) in [5.74, 6) is 6.67. The van der Waals surface area contributed by atoms with E-state index in [2.05, 4.69) is 107 Å². The van der Waals surface area contributed by atoms with E-state index in [-0.39, 0.29) is 0 Å². The molecule has 0 N–H and O–H groups in total. The first kappa shape index (κ1) is 30.8. The van der Waals surface area contributed by atoms with Gasteiger partial charge in [0.15, 0.2) is 0 Å². The summed E-state index contributed by atoms with van der Waals surface area (Å²) >= 11 is 0. The van der Waals surface area contributed by atoms with E-state index in [1.807, 2.05) is 0 Å². The monoisotopic (exact) mass is 598 g/mol. The van der Waals surface area contributed by atoms with Gasteiger partial charge in [-0.25, -0.2) is 0 Å². The van der Waals surface area contributed by atoms with Crippen LogP contribution in [0, 0.1) is 69.0 Å². The number of fused-ring (bicyclic) bond motifs is 6. The molecule has 0 saturated heterocycles. The summed E-state index contributed by atoms with van der Waals surface area (Å²) in [7, 11) is -1.65. The van der Waals surface area contributed by atoms with E-state index in [4.69, 9.17) is 0 Å². The van der Waals surface area contributed by atoms with Crippen molar-refractivity contribution >= 4 is 8.07 Å². The van der Waals surface area contributed by atoms with Crippen molar-refractivity contribution in [1.82, 2.24) is 0 Å². The minimum atomic E-state index is -1.65. The summed E-state index contributed by atoms with van der Waals surface area (Å²) in [6.45, 7) is 31.5. The molecule has 0 aliphatic heterocycles. The van der Waals surface area contributed by atoms with Crippen molar-refractivity contribution in [2.75, 3.05) is 0 Å². The Morgan fingerprint density at radius 1 is 0.558 bits per heavy atom. The third kappa shape index (κ3) is 4.53. The molecule has 0 aromatic heterocycles. The highest BCUT2D eigenvalue weighted by Gasteiger charge is 2.62. The highest BCUT2D eigenvalue weighted by molar-refractivity contribution is 6.80. The topological polar surface area (TPSA) is 0 Å². The van der Waals surface area contributed by atoms with Crippen LogP contribution in [0.5, 0.6) is 0 Å². The van der Waals surface area contributed by atoms with Crippen LogP contribution in [0.15, 0.2) is 46.6 Å². The Balaban J connectivity index is 1.38. The Hall–Kier alpha value is -0.823. The van der Waals surface area contributed by atoms with Gasteiger partial charge in [0.1, 0.15) is 0 Å². The van der Waals surface area contributed by atoms with Crippen LogP contribution in [-0.4, -0.2) is 8.07 Å². The molecular formula is C42H66Si. The first-order valence-electron chi connectivity index (χ1n) is 18.8. The van der Waals surface area contributed by atoms with E-state index in [0.717, 1.165) is 46.6 Å². The van der Waals surface area contributed by atoms with E-state index < -0.39 is 8.07 Å². The van der Waals surface area contributed by atoms with Crippen LogP contribution in [0.2, 0.25) is 24.2 Å². The van der Waals surface area contributed by atoms with E-state index in [1.165, 1.54) is 51.4 Å². The first-order chi connectivity index (χ1) is 19.8. The maximum atomic E-state index is 2.97. The molecule has 43 heavy (non-hydrogen) atoms. The van der Waals surface area contributed by atoms with Crippen LogP contribution in [0.4, 0.5) is 0 Å². The van der Waals surface area contributed by atoms with Gasteiger partial charge in [0.05, 0.1) is 8.07 Å². The summed E-state index contributed by atoms with van der Waals surface area (Å²) in [5, 5.41) is 0. The molecular weight excluding hydrogens is 533 g/mol. The molecule has 0 amide bonds. The Labute approximate surface area is 267 Å². The quantitative estimate of drug-likeness (QED) is 0.277. The lowest BCUT2D eigenvalue weighted by atomic mass is 9.56. The zero-order chi connectivity index (χ0) is 31.1. The van der Waals surface area contributed by atoms with Gasteiger partial charge >= 0.3 is 0 Å². The third-order valence-corrected chi connectivity index (χ3v) is 20.7. The standard InChI is InChI=1S/C42H66Si/c1-25-19-26(2)37-27(20-25)13-14-36(37)43(11,12)38-30-23-34-32(39(3,4)15-17-41(34,7)8)21-28(30)29-22-33-35(24-31(29)38)42(9,10)18-16-40(33,5)6/h21-31,36-38H,13-20H2,1-12H3. The molecule has 0 aromatic rings. The summed E-state index contributed by atoms with van der Waals surface area (Å²) in [5.41, 5.74) is 10.0. The minimum absolute atomic E-state index is 0.300. The molecule has 5 fully saturated rings. The van der Waals surface area contributed by atoms with Crippen LogP contribution >= 0.6 is 0 Å². The lowest BCUT2D eigenvalue weighted by Gasteiger charge is -2.51. The molecule has 7 aliphatic carbocycles. The Kier molecular flexibility index (Phi) is 6.88. The fourth-order valence-electron chi connectivity index (χ4n) is 13.2. The van der Waals surface area contributed by atoms with Crippen molar-refractivity contribution < 1.29 is 0 Å². The van der Waals surface area contributed by atoms with Crippen molar-refractivity contribution in [2.24, 2.45) is 69.0 Å². The average molecular weight is 599 g/mol. The van der Waals surface area contributed by atoms with Gasteiger partial charge in [0.2, 0.25) is 0 Å². The van der Waals surface area contributed by atoms with Gasteiger partial charge in [0.25, 0.3) is 0 Å². The predicted molar refractivity (Wildman–Crippen MR) is 189 cm³/mol. The zero-order valence-corrected chi connectivity index (χ0v) is 31.2. The molecule has 238 valence electrons. The second kappa shape index (κ2) is 9.61. The Morgan fingerprint density at radius 3 is 1.37 bits per heavy atom. The molecule has 5 saturated carbocycles. The minimum Gasteiger partial charge on any atom is -0.0767 e. The summed E-state index contributed by atoms with van der Waals surface area (Å²) in [4.78, 5) is 0. The van der Waals surface area contributed by atoms with Crippen molar-refractivity contribution in [2.45, 2.75) is 145 Å². The average Bonchev–Trinajstić information content (AvgIpc) is 3.48. The summed E-state index contributed by atoms with van der Waals surface area (Å²) in [6, 6.07) is 0. The van der Waals surface area contributed by atoms with E-state index in [9.17, 15) is 0 Å². The van der Waals surface area contributed by atoms with Crippen molar-refractivity contribution in [3.8, 4) is 0 Å². The van der Waals surface area contributed by atoms with Crippen LogP contribution in [0.1, 0.15) is 121 Å². The van der Waals surface area contributed by atoms with Gasteiger partial charge in [-0.2, -0.15) is 0 Å². The van der Waals surface area contributed by atoms with Crippen LogP contribution < -0.4 is 0 Å². The lowest BCUT2D eigenvalue weighted by Crippen LogP contribution is -2.47. The summed E-state index contributed by atoms with van der Waals surface area (Å²) < 4.78 is 0. The van der Waals surface area contributed by atoms with Gasteiger partial charge in [-0.15, -0.1) is 0 Å². The van der Waals surface area contributed by atoms with Crippen molar-refractivity contribution in [3.05, 3.63) is 46.6 Å². The number of hydrogen-bond donors (Lipinski definition) is 0. The molecule has 0 nitrogen and oxygen atoms in total. The first-order valence-corrected chi connectivity index (χ1v) is 21.9. The van der Waals surface area contributed by atoms with Gasteiger partial charge in [-0.3, -0.25) is 0 Å². The maximum Gasteiger partial charge on any atom is 0.0551 e. The normalized spacial score (nSPS) is 45.3. The van der Waals surface area contributed by atoms with Crippen molar-refractivity contribution in [1.29, 1.82) is 0 Å². The van der Waals surface area contributed by atoms with Gasteiger partial charge in [-0.05, 0) is 141 Å².